The minimum absolute atomic E-state index is 0.154. The first-order valence-corrected chi connectivity index (χ1v) is 11.8. The number of pyridine rings is 1. The van der Waals surface area contributed by atoms with Crippen LogP contribution in [-0.2, 0) is 11.3 Å². The van der Waals surface area contributed by atoms with Gasteiger partial charge in [-0.2, -0.15) is 4.98 Å². The van der Waals surface area contributed by atoms with Crippen LogP contribution < -0.4 is 5.32 Å². The lowest BCUT2D eigenvalue weighted by molar-refractivity contribution is -0.121. The number of benzene rings is 1. The molecule has 3 heterocycles. The van der Waals surface area contributed by atoms with E-state index in [9.17, 15) is 4.79 Å². The van der Waals surface area contributed by atoms with E-state index >= 15 is 0 Å². The van der Waals surface area contributed by atoms with Crippen LogP contribution in [0.3, 0.4) is 0 Å². The zero-order valence-electron chi connectivity index (χ0n) is 20.1. The van der Waals surface area contributed by atoms with E-state index in [0.29, 0.717) is 52.4 Å². The highest BCUT2D eigenvalue weighted by Gasteiger charge is 2.31. The van der Waals surface area contributed by atoms with E-state index in [4.69, 9.17) is 21.1 Å². The minimum atomic E-state index is -0.222. The number of carbonyl (C=O) groups is 1. The first-order valence-electron chi connectivity index (χ1n) is 11.4. The average molecular weight is 491 g/mol. The first-order chi connectivity index (χ1) is 16.9. The number of aromatic nitrogens is 3. The highest BCUT2D eigenvalue weighted by molar-refractivity contribution is 6.37. The summed E-state index contributed by atoms with van der Waals surface area (Å²) < 4.78 is 5.06. The molecule has 8 nitrogen and oxygen atoms in total. The van der Waals surface area contributed by atoms with Gasteiger partial charge in [-0.25, -0.2) is 4.99 Å². The van der Waals surface area contributed by atoms with Crippen LogP contribution in [0.25, 0.3) is 17.0 Å². The molecule has 1 aliphatic rings. The SMILES string of the molecule is C/C=C1/C=C(c2ccc(-c3noc(C)n3)cc2Cl)C(=O)N(CC)/C1=N/C(C)NCc1ccccn1. The molecule has 3 aromatic rings. The molecule has 0 saturated carbocycles. The number of hydrogen-bond acceptors (Lipinski definition) is 7. The molecule has 1 aliphatic heterocycles. The molecule has 0 spiro atoms. The number of rotatable bonds is 7. The number of allylic oxidation sites excluding steroid dienone is 1. The molecule has 9 heteroatoms. The van der Waals surface area contributed by atoms with E-state index in [1.54, 1.807) is 24.1 Å². The summed E-state index contributed by atoms with van der Waals surface area (Å²) in [6.45, 7) is 8.58. The predicted octanol–water partition coefficient (Wildman–Crippen LogP) is 4.82. The molecule has 1 amide bonds. The van der Waals surface area contributed by atoms with Gasteiger partial charge in [-0.1, -0.05) is 41.0 Å². The molecule has 1 atom stereocenters. The zero-order chi connectivity index (χ0) is 24.9. The molecule has 1 unspecified atom stereocenters. The molecule has 0 saturated heterocycles. The summed E-state index contributed by atoms with van der Waals surface area (Å²) >= 11 is 6.62. The minimum Gasteiger partial charge on any atom is -0.339 e. The lowest BCUT2D eigenvalue weighted by Gasteiger charge is -2.30. The highest BCUT2D eigenvalue weighted by Crippen LogP contribution is 2.33. The normalized spacial score (nSPS) is 17.2. The second-order valence-electron chi connectivity index (χ2n) is 8.01. The van der Waals surface area contributed by atoms with Gasteiger partial charge in [0, 0.05) is 53.5 Å². The molecular weight excluding hydrogens is 464 g/mol. The van der Waals surface area contributed by atoms with Crippen LogP contribution in [0.5, 0.6) is 0 Å². The summed E-state index contributed by atoms with van der Waals surface area (Å²) in [6, 6.07) is 11.2. The number of amidine groups is 1. The number of halogens is 1. The molecule has 4 rings (SSSR count). The van der Waals surface area contributed by atoms with E-state index < -0.39 is 0 Å². The van der Waals surface area contributed by atoms with Crippen molar-refractivity contribution in [2.24, 2.45) is 4.99 Å². The average Bonchev–Trinajstić information content (AvgIpc) is 3.30. The second-order valence-corrected chi connectivity index (χ2v) is 8.42. The van der Waals surface area contributed by atoms with Crippen LogP contribution in [0.4, 0.5) is 0 Å². The van der Waals surface area contributed by atoms with Gasteiger partial charge >= 0.3 is 0 Å². The van der Waals surface area contributed by atoms with Crippen LogP contribution >= 0.6 is 11.6 Å². The van der Waals surface area contributed by atoms with Crippen molar-refractivity contribution in [2.75, 3.05) is 6.54 Å². The summed E-state index contributed by atoms with van der Waals surface area (Å²) in [6.07, 6.45) is 5.33. The molecule has 1 N–H and O–H groups in total. The van der Waals surface area contributed by atoms with Crippen molar-refractivity contribution in [3.63, 3.8) is 0 Å². The van der Waals surface area contributed by atoms with E-state index in [1.807, 2.05) is 63.3 Å². The van der Waals surface area contributed by atoms with Gasteiger partial charge in [-0.3, -0.25) is 20.0 Å². The largest absolute Gasteiger partial charge is 0.339 e. The summed E-state index contributed by atoms with van der Waals surface area (Å²) in [4.78, 5) is 28.6. The van der Waals surface area contributed by atoms with E-state index in [2.05, 4.69) is 20.4 Å². The molecule has 0 bridgehead atoms. The fraction of sp³-hybridized carbons (Fsp3) is 0.269. The van der Waals surface area contributed by atoms with Crippen LogP contribution in [0.1, 0.15) is 37.9 Å². The third-order valence-electron chi connectivity index (χ3n) is 5.58. The van der Waals surface area contributed by atoms with Crippen molar-refractivity contribution in [3.05, 3.63) is 82.5 Å². The van der Waals surface area contributed by atoms with Gasteiger partial charge in [-0.05, 0) is 45.0 Å². The van der Waals surface area contributed by atoms with E-state index in [0.717, 1.165) is 11.3 Å². The Bertz CT molecular complexity index is 1310. The Balaban J connectivity index is 1.62. The predicted molar refractivity (Wildman–Crippen MR) is 137 cm³/mol. The summed E-state index contributed by atoms with van der Waals surface area (Å²) in [5.41, 5.74) is 3.64. The van der Waals surface area contributed by atoms with E-state index in [1.165, 1.54) is 0 Å². The fourth-order valence-corrected chi connectivity index (χ4v) is 4.08. The Labute approximate surface area is 209 Å². The Kier molecular flexibility index (Phi) is 7.53. The van der Waals surface area contributed by atoms with Gasteiger partial charge in [0.2, 0.25) is 11.7 Å². The maximum atomic E-state index is 13.5. The molecular formula is C26H27ClN6O2. The second kappa shape index (κ2) is 10.8. The van der Waals surface area contributed by atoms with Crippen molar-refractivity contribution < 1.29 is 9.32 Å². The van der Waals surface area contributed by atoms with Crippen molar-refractivity contribution in [1.82, 2.24) is 25.3 Å². The Morgan fingerprint density at radius 2 is 2.11 bits per heavy atom. The van der Waals surface area contributed by atoms with Crippen molar-refractivity contribution >= 4 is 28.9 Å². The zero-order valence-corrected chi connectivity index (χ0v) is 20.9. The maximum Gasteiger partial charge on any atom is 0.260 e. The first kappa shape index (κ1) is 24.5. The third kappa shape index (κ3) is 5.39. The number of aryl methyl sites for hydroxylation is 1. The Morgan fingerprint density at radius 1 is 1.29 bits per heavy atom. The third-order valence-corrected chi connectivity index (χ3v) is 5.89. The van der Waals surface area contributed by atoms with Gasteiger partial charge in [-0.15, -0.1) is 0 Å². The molecule has 0 aliphatic carbocycles. The molecule has 1 aromatic carbocycles. The fourth-order valence-electron chi connectivity index (χ4n) is 3.80. The smallest absolute Gasteiger partial charge is 0.260 e. The van der Waals surface area contributed by atoms with E-state index in [-0.39, 0.29) is 12.1 Å². The van der Waals surface area contributed by atoms with Crippen LogP contribution in [0, 0.1) is 6.92 Å². The van der Waals surface area contributed by atoms with Crippen molar-refractivity contribution in [1.29, 1.82) is 0 Å². The number of hydrogen-bond donors (Lipinski definition) is 1. The molecule has 0 radical (unpaired) electrons. The number of nitrogens with one attached hydrogen (secondary N) is 1. The van der Waals surface area contributed by atoms with Gasteiger partial charge in [0.1, 0.15) is 5.84 Å². The van der Waals surface area contributed by atoms with Gasteiger partial charge in [0.15, 0.2) is 0 Å². The standard InChI is InChI=1S/C26H27ClN6O2/c1-5-18-13-22(21-11-10-19(14-23(21)27)24-31-17(4)35-32-24)26(34)33(6-2)25(18)30-16(3)29-15-20-9-7-8-12-28-20/h5,7-14,16,29H,6,15H2,1-4H3/b18-5-,30-25+. The van der Waals surface area contributed by atoms with Crippen molar-refractivity contribution in [2.45, 2.75) is 40.4 Å². The quantitative estimate of drug-likeness (QED) is 0.510. The highest BCUT2D eigenvalue weighted by atomic mass is 35.5. The number of likely N-dealkylation sites (N-methyl/N-ethyl adjacent to an activating group) is 1. The van der Waals surface area contributed by atoms with Crippen molar-refractivity contribution in [3.8, 4) is 11.4 Å². The van der Waals surface area contributed by atoms with Gasteiger partial charge in [0.25, 0.3) is 5.91 Å². The lowest BCUT2D eigenvalue weighted by atomic mass is 9.95. The number of nitrogens with zero attached hydrogens (tertiary/aromatic N) is 5. The van der Waals surface area contributed by atoms with Crippen LogP contribution in [-0.4, -0.2) is 44.5 Å². The number of aliphatic imine (C=N–C) groups is 1. The van der Waals surface area contributed by atoms with Crippen LogP contribution in [0.2, 0.25) is 5.02 Å². The topological polar surface area (TPSA) is 96.5 Å². The molecule has 0 fully saturated rings. The summed E-state index contributed by atoms with van der Waals surface area (Å²) in [5.74, 6) is 1.39. The summed E-state index contributed by atoms with van der Waals surface area (Å²) in [5, 5.41) is 7.72. The number of amides is 1. The van der Waals surface area contributed by atoms with Gasteiger partial charge < -0.3 is 4.52 Å². The Hall–Kier alpha value is -3.62. The Morgan fingerprint density at radius 3 is 2.74 bits per heavy atom. The van der Waals surface area contributed by atoms with Crippen LogP contribution in [0.15, 0.2) is 69.8 Å². The molecule has 35 heavy (non-hydrogen) atoms. The maximum absolute atomic E-state index is 13.5. The van der Waals surface area contributed by atoms with Gasteiger partial charge in [0.05, 0.1) is 11.9 Å². The number of carbonyl (C=O) groups excluding carboxylic acids is 1. The molecule has 180 valence electrons. The summed E-state index contributed by atoms with van der Waals surface area (Å²) in [7, 11) is 0. The monoisotopic (exact) mass is 490 g/mol. The molecule has 2 aromatic heterocycles. The lowest BCUT2D eigenvalue weighted by Crippen LogP contribution is -2.42.